The molecule has 0 radical (unpaired) electrons. The Balaban J connectivity index is 1.55. The molecule has 0 unspecified atom stereocenters. The molecule has 1 saturated heterocycles. The van der Waals surface area contributed by atoms with E-state index in [2.05, 4.69) is 0 Å². The predicted molar refractivity (Wildman–Crippen MR) is 97.1 cm³/mol. The molecule has 1 heterocycles. The quantitative estimate of drug-likeness (QED) is 0.563. The summed E-state index contributed by atoms with van der Waals surface area (Å²) in [5, 5.41) is 0.704. The van der Waals surface area contributed by atoms with Crippen molar-refractivity contribution in [3.8, 4) is 5.75 Å². The minimum atomic E-state index is -0.384. The van der Waals surface area contributed by atoms with Crippen molar-refractivity contribution >= 4 is 35.1 Å². The highest BCUT2D eigenvalue weighted by molar-refractivity contribution is 6.42. The van der Waals surface area contributed by atoms with Crippen LogP contribution in [0, 0.1) is 11.7 Å². The van der Waals surface area contributed by atoms with Crippen molar-refractivity contribution in [3.05, 3.63) is 63.9 Å². The molecule has 1 aliphatic rings. The number of hydrogen-bond donors (Lipinski definition) is 0. The van der Waals surface area contributed by atoms with Gasteiger partial charge in [0, 0.05) is 24.7 Å². The number of benzene rings is 2. The van der Waals surface area contributed by atoms with Gasteiger partial charge in [-0.1, -0.05) is 23.2 Å². The molecule has 2 aromatic carbocycles. The second kappa shape index (κ2) is 8.06. The second-order valence-corrected chi connectivity index (χ2v) is 6.88. The molecule has 0 saturated carbocycles. The number of carbonyl (C=O) groups excluding carboxylic acids is 2. The van der Waals surface area contributed by atoms with Crippen LogP contribution < -0.4 is 4.74 Å². The lowest BCUT2D eigenvalue weighted by Crippen LogP contribution is -2.41. The number of ether oxygens (including phenoxy) is 1. The first-order chi connectivity index (χ1) is 12.4. The summed E-state index contributed by atoms with van der Waals surface area (Å²) in [4.78, 5) is 26.4. The summed E-state index contributed by atoms with van der Waals surface area (Å²) < 4.78 is 18.3. The molecule has 4 nitrogen and oxygen atoms in total. The number of esters is 1. The summed E-state index contributed by atoms with van der Waals surface area (Å²) in [7, 11) is 0. The zero-order chi connectivity index (χ0) is 18.7. The van der Waals surface area contributed by atoms with E-state index in [0.717, 1.165) is 0 Å². The Morgan fingerprint density at radius 3 is 2.27 bits per heavy atom. The van der Waals surface area contributed by atoms with Gasteiger partial charge in [0.15, 0.2) is 0 Å². The molecule has 3 rings (SSSR count). The number of hydrogen-bond acceptors (Lipinski definition) is 3. The van der Waals surface area contributed by atoms with Crippen molar-refractivity contribution in [2.75, 3.05) is 13.1 Å². The Kier molecular flexibility index (Phi) is 5.79. The molecular weight excluding hydrogens is 380 g/mol. The molecule has 1 fully saturated rings. The van der Waals surface area contributed by atoms with Crippen LogP contribution in [0.15, 0.2) is 42.5 Å². The highest BCUT2D eigenvalue weighted by atomic mass is 35.5. The number of halogens is 3. The summed E-state index contributed by atoms with van der Waals surface area (Å²) in [6, 6.07) is 10.1. The Hall–Kier alpha value is -2.11. The third-order valence-corrected chi connectivity index (χ3v) is 5.06. The van der Waals surface area contributed by atoms with Crippen molar-refractivity contribution in [3.63, 3.8) is 0 Å². The summed E-state index contributed by atoms with van der Waals surface area (Å²) >= 11 is 11.8. The summed E-state index contributed by atoms with van der Waals surface area (Å²) in [5.41, 5.74) is 0.434. The van der Waals surface area contributed by atoms with Gasteiger partial charge in [0.25, 0.3) is 5.91 Å². The zero-order valence-corrected chi connectivity index (χ0v) is 15.3. The van der Waals surface area contributed by atoms with Crippen LogP contribution in [-0.2, 0) is 4.79 Å². The van der Waals surface area contributed by atoms with Gasteiger partial charge in [0.05, 0.1) is 16.0 Å². The average molecular weight is 396 g/mol. The maximum absolute atomic E-state index is 13.0. The van der Waals surface area contributed by atoms with Crippen LogP contribution in [0.1, 0.15) is 23.2 Å². The molecule has 0 atom stereocenters. The van der Waals surface area contributed by atoms with E-state index >= 15 is 0 Å². The Bertz CT molecular complexity index is 818. The molecular formula is C19H16Cl2FNO3. The maximum atomic E-state index is 13.0. The van der Waals surface area contributed by atoms with E-state index < -0.39 is 0 Å². The van der Waals surface area contributed by atoms with Gasteiger partial charge in [0.1, 0.15) is 11.6 Å². The third kappa shape index (κ3) is 4.34. The van der Waals surface area contributed by atoms with Gasteiger partial charge in [0.2, 0.25) is 0 Å². The number of rotatable bonds is 3. The average Bonchev–Trinajstić information content (AvgIpc) is 2.65. The van der Waals surface area contributed by atoms with Crippen molar-refractivity contribution in [1.29, 1.82) is 0 Å². The van der Waals surface area contributed by atoms with Gasteiger partial charge < -0.3 is 9.64 Å². The molecule has 0 spiro atoms. The number of likely N-dealkylation sites (tertiary alicyclic amines) is 1. The third-order valence-electron chi connectivity index (χ3n) is 4.32. The van der Waals surface area contributed by atoms with Crippen molar-refractivity contribution in [2.24, 2.45) is 5.92 Å². The summed E-state index contributed by atoms with van der Waals surface area (Å²) in [5.74, 6) is -0.847. The lowest BCUT2D eigenvalue weighted by Gasteiger charge is -2.31. The topological polar surface area (TPSA) is 46.6 Å². The van der Waals surface area contributed by atoms with Crippen LogP contribution >= 0.6 is 23.2 Å². The van der Waals surface area contributed by atoms with Gasteiger partial charge in [-0.25, -0.2) is 4.39 Å². The number of piperidine rings is 1. The highest BCUT2D eigenvalue weighted by Crippen LogP contribution is 2.28. The normalized spacial score (nSPS) is 15.0. The van der Waals surface area contributed by atoms with E-state index in [9.17, 15) is 14.0 Å². The molecule has 2 aromatic rings. The fourth-order valence-electron chi connectivity index (χ4n) is 2.83. The minimum absolute atomic E-state index is 0.165. The summed E-state index contributed by atoms with van der Waals surface area (Å²) in [6.45, 7) is 0.884. The fourth-order valence-corrected chi connectivity index (χ4v) is 3.12. The van der Waals surface area contributed by atoms with E-state index in [1.165, 1.54) is 30.3 Å². The van der Waals surface area contributed by atoms with Crippen LogP contribution in [0.3, 0.4) is 0 Å². The Labute approximate surface area is 160 Å². The largest absolute Gasteiger partial charge is 0.426 e. The van der Waals surface area contributed by atoms with Crippen molar-refractivity contribution in [2.45, 2.75) is 12.8 Å². The molecule has 1 amide bonds. The molecule has 0 N–H and O–H groups in total. The van der Waals surface area contributed by atoms with Crippen LogP contribution in [-0.4, -0.2) is 29.9 Å². The number of nitrogens with zero attached hydrogens (tertiary/aromatic N) is 1. The van der Waals surface area contributed by atoms with E-state index in [-0.39, 0.29) is 23.6 Å². The van der Waals surface area contributed by atoms with Crippen molar-refractivity contribution < 1.29 is 18.7 Å². The van der Waals surface area contributed by atoms with E-state index in [4.69, 9.17) is 27.9 Å². The zero-order valence-electron chi connectivity index (χ0n) is 13.8. The van der Waals surface area contributed by atoms with Gasteiger partial charge in [-0.2, -0.15) is 0 Å². The molecule has 26 heavy (non-hydrogen) atoms. The Morgan fingerprint density at radius 1 is 1.00 bits per heavy atom. The maximum Gasteiger partial charge on any atom is 0.314 e. The first-order valence-corrected chi connectivity index (χ1v) is 8.91. The number of amides is 1. The van der Waals surface area contributed by atoms with Crippen LogP contribution in [0.25, 0.3) is 0 Å². The Morgan fingerprint density at radius 2 is 1.65 bits per heavy atom. The minimum Gasteiger partial charge on any atom is -0.426 e. The van der Waals surface area contributed by atoms with Crippen LogP contribution in [0.5, 0.6) is 5.75 Å². The van der Waals surface area contributed by atoms with Gasteiger partial charge in [-0.05, 0) is 49.2 Å². The van der Waals surface area contributed by atoms with Crippen molar-refractivity contribution in [1.82, 2.24) is 4.90 Å². The lowest BCUT2D eigenvalue weighted by molar-refractivity contribution is -0.140. The van der Waals surface area contributed by atoms with Gasteiger partial charge in [-0.3, -0.25) is 9.59 Å². The van der Waals surface area contributed by atoms with E-state index in [1.807, 2.05) is 0 Å². The van der Waals surface area contributed by atoms with E-state index in [0.29, 0.717) is 47.3 Å². The molecule has 7 heteroatoms. The van der Waals surface area contributed by atoms with E-state index in [1.54, 1.807) is 17.0 Å². The lowest BCUT2D eigenvalue weighted by atomic mass is 9.96. The SMILES string of the molecule is O=C(Oc1ccc(Cl)c(Cl)c1)C1CCN(C(=O)c2ccc(F)cc2)CC1. The van der Waals surface area contributed by atoms with Crippen LogP contribution in [0.2, 0.25) is 10.0 Å². The molecule has 0 aromatic heterocycles. The molecule has 1 aliphatic heterocycles. The predicted octanol–water partition coefficient (Wildman–Crippen LogP) is 4.59. The molecule has 136 valence electrons. The molecule has 0 bridgehead atoms. The highest BCUT2D eigenvalue weighted by Gasteiger charge is 2.29. The first-order valence-electron chi connectivity index (χ1n) is 8.15. The molecule has 0 aliphatic carbocycles. The fraction of sp³-hybridized carbons (Fsp3) is 0.263. The van der Waals surface area contributed by atoms with Gasteiger partial charge >= 0.3 is 5.97 Å². The monoisotopic (exact) mass is 395 g/mol. The van der Waals surface area contributed by atoms with Crippen LogP contribution in [0.4, 0.5) is 4.39 Å². The second-order valence-electron chi connectivity index (χ2n) is 6.07. The smallest absolute Gasteiger partial charge is 0.314 e. The first kappa shape index (κ1) is 18.7. The number of carbonyl (C=O) groups is 2. The van der Waals surface area contributed by atoms with Gasteiger partial charge in [-0.15, -0.1) is 0 Å². The summed E-state index contributed by atoms with van der Waals surface area (Å²) in [6.07, 6.45) is 1.01. The standard InChI is InChI=1S/C19H16Cl2FNO3/c20-16-6-5-15(11-17(16)21)26-19(25)13-7-9-23(10-8-13)18(24)12-1-3-14(22)4-2-12/h1-6,11,13H,7-10H2.